The van der Waals surface area contributed by atoms with Gasteiger partial charge < -0.3 is 14.9 Å². The molecule has 2 atom stereocenters. The van der Waals surface area contributed by atoms with Gasteiger partial charge >= 0.3 is 5.97 Å². The van der Waals surface area contributed by atoms with Gasteiger partial charge in [0.25, 0.3) is 0 Å². The minimum Gasteiger partial charge on any atom is -0.460 e. The quantitative estimate of drug-likeness (QED) is 0.801. The molecule has 0 amide bonds. The molecule has 4 nitrogen and oxygen atoms in total. The van der Waals surface area contributed by atoms with Gasteiger partial charge in [0.05, 0.1) is 6.10 Å². The van der Waals surface area contributed by atoms with Crippen molar-refractivity contribution in [2.45, 2.75) is 31.7 Å². The predicted molar refractivity (Wildman–Crippen MR) is 93.0 cm³/mol. The number of ether oxygens (including phenoxy) is 1. The molecule has 0 aliphatic rings. The summed E-state index contributed by atoms with van der Waals surface area (Å²) in [6.45, 7) is 3.38. The third-order valence-corrected chi connectivity index (χ3v) is 3.57. The minimum absolute atomic E-state index is 0.279. The average Bonchev–Trinajstić information content (AvgIpc) is 2.60. The normalized spacial score (nSPS) is 15.2. The second-order valence-corrected chi connectivity index (χ2v) is 5.80. The molecule has 0 saturated heterocycles. The molecule has 2 aromatic rings. The number of aliphatic hydroxyl groups excluding tert-OH is 1. The zero-order chi connectivity index (χ0) is 17.6. The van der Waals surface area contributed by atoms with Crippen LogP contribution in [0.4, 0.5) is 0 Å². The van der Waals surface area contributed by atoms with E-state index >= 15 is 0 Å². The molecule has 0 unspecified atom stereocenters. The Balaban J connectivity index is 2.35. The Morgan fingerprint density at radius 3 is 2.12 bits per heavy atom. The topological polar surface area (TPSA) is 66.8 Å². The zero-order valence-electron chi connectivity index (χ0n) is 13.8. The highest BCUT2D eigenvalue weighted by Crippen LogP contribution is 2.28. The van der Waals surface area contributed by atoms with Gasteiger partial charge in [-0.25, -0.2) is 4.79 Å². The number of hydrogen-bond donors (Lipinski definition) is 2. The summed E-state index contributed by atoms with van der Waals surface area (Å²) in [6.07, 6.45) is 1.19. The Kier molecular flexibility index (Phi) is 5.90. The monoisotopic (exact) mass is 326 g/mol. The lowest BCUT2D eigenvalue weighted by Gasteiger charge is -2.30. The minimum atomic E-state index is -2.17. The van der Waals surface area contributed by atoms with Gasteiger partial charge in [-0.15, -0.1) is 0 Å². The molecular formula is C20H22O4. The summed E-state index contributed by atoms with van der Waals surface area (Å²) in [5.41, 5.74) is -1.04. The van der Waals surface area contributed by atoms with Crippen molar-refractivity contribution >= 4 is 12.0 Å². The van der Waals surface area contributed by atoms with Gasteiger partial charge in [-0.1, -0.05) is 72.8 Å². The maximum atomic E-state index is 12.5. The van der Waals surface area contributed by atoms with E-state index in [1.165, 1.54) is 6.08 Å². The Bertz CT molecular complexity index is 679. The average molecular weight is 326 g/mol. The van der Waals surface area contributed by atoms with Gasteiger partial charge in [-0.2, -0.15) is 0 Å². The lowest BCUT2D eigenvalue weighted by atomic mass is 9.87. The van der Waals surface area contributed by atoms with Crippen LogP contribution in [0.2, 0.25) is 0 Å². The van der Waals surface area contributed by atoms with E-state index in [0.717, 1.165) is 5.56 Å². The molecule has 0 aliphatic heterocycles. The number of esters is 1. The molecule has 0 heterocycles. The van der Waals surface area contributed by atoms with Crippen LogP contribution in [0.25, 0.3) is 6.08 Å². The van der Waals surface area contributed by atoms with E-state index in [4.69, 9.17) is 4.74 Å². The fourth-order valence-electron chi connectivity index (χ4n) is 2.31. The van der Waals surface area contributed by atoms with Crippen LogP contribution in [0.3, 0.4) is 0 Å². The van der Waals surface area contributed by atoms with E-state index in [1.807, 2.05) is 30.3 Å². The number of hydrogen-bond acceptors (Lipinski definition) is 4. The first-order chi connectivity index (χ1) is 11.4. The van der Waals surface area contributed by atoms with E-state index in [-0.39, 0.29) is 5.56 Å². The van der Waals surface area contributed by atoms with Crippen LogP contribution in [0, 0.1) is 0 Å². The third kappa shape index (κ3) is 4.10. The standard InChI is InChI=1S/C20H22O4/c1-15(2)24-19(22)20(23,17-11-7-4-8-12-17)18(21)14-13-16-9-5-3-6-10-16/h3-15,18,21,23H,1-2H3/b14-13+/t18-,20+/m1/s1. The summed E-state index contributed by atoms with van der Waals surface area (Å²) < 4.78 is 5.16. The second-order valence-electron chi connectivity index (χ2n) is 5.80. The Morgan fingerprint density at radius 1 is 1.04 bits per heavy atom. The smallest absolute Gasteiger partial charge is 0.346 e. The molecule has 0 fully saturated rings. The van der Waals surface area contributed by atoms with Crippen molar-refractivity contribution in [1.29, 1.82) is 0 Å². The summed E-state index contributed by atoms with van der Waals surface area (Å²) in [7, 11) is 0. The van der Waals surface area contributed by atoms with Crippen molar-refractivity contribution in [3.63, 3.8) is 0 Å². The van der Waals surface area contributed by atoms with E-state index < -0.39 is 23.8 Å². The summed E-state index contributed by atoms with van der Waals surface area (Å²) in [6, 6.07) is 17.6. The van der Waals surface area contributed by atoms with Crippen molar-refractivity contribution in [1.82, 2.24) is 0 Å². The third-order valence-electron chi connectivity index (χ3n) is 3.57. The molecule has 4 heteroatoms. The first-order valence-corrected chi connectivity index (χ1v) is 7.85. The van der Waals surface area contributed by atoms with Crippen molar-refractivity contribution in [3.05, 3.63) is 77.9 Å². The lowest BCUT2D eigenvalue weighted by Crippen LogP contribution is -2.47. The summed E-state index contributed by atoms with van der Waals surface area (Å²) in [5, 5.41) is 21.5. The highest BCUT2D eigenvalue weighted by Gasteiger charge is 2.46. The number of benzene rings is 2. The molecule has 0 aromatic heterocycles. The van der Waals surface area contributed by atoms with Gasteiger partial charge in [-0.3, -0.25) is 0 Å². The van der Waals surface area contributed by atoms with Crippen molar-refractivity contribution in [2.24, 2.45) is 0 Å². The fourth-order valence-corrected chi connectivity index (χ4v) is 2.31. The van der Waals surface area contributed by atoms with Crippen LogP contribution in [-0.4, -0.2) is 28.4 Å². The first kappa shape index (κ1) is 17.9. The largest absolute Gasteiger partial charge is 0.460 e. The maximum Gasteiger partial charge on any atom is 0.346 e. The Labute approximate surface area is 142 Å². The molecule has 0 radical (unpaired) electrons. The first-order valence-electron chi connectivity index (χ1n) is 7.85. The van der Waals surface area contributed by atoms with Gasteiger partial charge in [0, 0.05) is 0 Å². The van der Waals surface area contributed by atoms with E-state index in [2.05, 4.69) is 0 Å². The molecule has 0 spiro atoms. The van der Waals surface area contributed by atoms with Gasteiger partial charge in [0.2, 0.25) is 5.60 Å². The summed E-state index contributed by atoms with van der Waals surface area (Å²) in [5.74, 6) is -0.881. The SMILES string of the molecule is CC(C)OC(=O)[C@](O)(c1ccccc1)[C@H](O)/C=C/c1ccccc1. The summed E-state index contributed by atoms with van der Waals surface area (Å²) >= 11 is 0. The molecule has 2 rings (SSSR count). The molecular weight excluding hydrogens is 304 g/mol. The molecule has 24 heavy (non-hydrogen) atoms. The Hall–Kier alpha value is -2.43. The molecule has 2 N–H and O–H groups in total. The van der Waals surface area contributed by atoms with Crippen LogP contribution in [0.15, 0.2) is 66.7 Å². The highest BCUT2D eigenvalue weighted by molar-refractivity contribution is 5.82. The highest BCUT2D eigenvalue weighted by atomic mass is 16.6. The van der Waals surface area contributed by atoms with Crippen LogP contribution in [0.5, 0.6) is 0 Å². The molecule has 0 aliphatic carbocycles. The maximum absolute atomic E-state index is 12.5. The van der Waals surface area contributed by atoms with E-state index in [1.54, 1.807) is 50.3 Å². The molecule has 2 aromatic carbocycles. The van der Waals surface area contributed by atoms with Crippen molar-refractivity contribution < 1.29 is 19.7 Å². The molecule has 0 bridgehead atoms. The lowest BCUT2D eigenvalue weighted by molar-refractivity contribution is -0.180. The van der Waals surface area contributed by atoms with E-state index in [9.17, 15) is 15.0 Å². The number of rotatable bonds is 6. The van der Waals surface area contributed by atoms with Crippen LogP contribution in [-0.2, 0) is 15.1 Å². The Morgan fingerprint density at radius 2 is 1.58 bits per heavy atom. The van der Waals surface area contributed by atoms with Gasteiger partial charge in [-0.05, 0) is 25.0 Å². The fraction of sp³-hybridized carbons (Fsp3) is 0.250. The molecule has 0 saturated carbocycles. The zero-order valence-corrected chi connectivity index (χ0v) is 13.8. The van der Waals surface area contributed by atoms with Crippen molar-refractivity contribution in [3.8, 4) is 0 Å². The van der Waals surface area contributed by atoms with Crippen molar-refractivity contribution in [2.75, 3.05) is 0 Å². The number of aliphatic hydroxyl groups is 2. The van der Waals surface area contributed by atoms with Crippen LogP contribution in [0.1, 0.15) is 25.0 Å². The summed E-state index contributed by atoms with van der Waals surface area (Å²) in [4.78, 5) is 12.5. The molecule has 126 valence electrons. The number of carbonyl (C=O) groups is 1. The van der Waals surface area contributed by atoms with Gasteiger partial charge in [0.15, 0.2) is 0 Å². The van der Waals surface area contributed by atoms with Crippen LogP contribution >= 0.6 is 0 Å². The van der Waals surface area contributed by atoms with Crippen LogP contribution < -0.4 is 0 Å². The van der Waals surface area contributed by atoms with Gasteiger partial charge in [0.1, 0.15) is 6.10 Å². The predicted octanol–water partition coefficient (Wildman–Crippen LogP) is 2.90. The van der Waals surface area contributed by atoms with E-state index in [0.29, 0.717) is 0 Å². The second kappa shape index (κ2) is 7.90. The number of carbonyl (C=O) groups excluding carboxylic acids is 1.